The van der Waals surface area contributed by atoms with Crippen molar-refractivity contribution in [1.29, 1.82) is 0 Å². The van der Waals surface area contributed by atoms with Crippen LogP contribution in [0, 0.1) is 46.3 Å². The number of unbranched alkanes of at least 4 members (excludes halogenated alkanes) is 4. The number of ether oxygens (including phenoxy) is 1. The molecule has 3 saturated carbocycles. The molecule has 0 aliphatic heterocycles. The first kappa shape index (κ1) is 35.5. The van der Waals surface area contributed by atoms with Gasteiger partial charge in [0.25, 0.3) is 0 Å². The Morgan fingerprint density at radius 2 is 1.61 bits per heavy atom. The van der Waals surface area contributed by atoms with Crippen molar-refractivity contribution >= 4 is 5.97 Å². The van der Waals surface area contributed by atoms with E-state index in [1.165, 1.54) is 77.0 Å². The van der Waals surface area contributed by atoms with Gasteiger partial charge in [0, 0.05) is 13.0 Å². The molecule has 0 unspecified atom stereocenters. The molecule has 0 spiro atoms. The molecule has 3 fully saturated rings. The van der Waals surface area contributed by atoms with Gasteiger partial charge < -0.3 is 9.84 Å². The van der Waals surface area contributed by atoms with E-state index in [0.717, 1.165) is 80.6 Å². The normalized spacial score (nSPS) is 34.2. The summed E-state index contributed by atoms with van der Waals surface area (Å²) in [6, 6.07) is 0. The van der Waals surface area contributed by atoms with Gasteiger partial charge in [-0.2, -0.15) is 0 Å². The van der Waals surface area contributed by atoms with E-state index in [1.807, 2.05) is 0 Å². The zero-order chi connectivity index (χ0) is 31.6. The predicted octanol–water partition coefficient (Wildman–Crippen LogP) is 11.7. The summed E-state index contributed by atoms with van der Waals surface area (Å²) in [5.74, 6) is 4.75. The van der Waals surface area contributed by atoms with Crippen LogP contribution in [0.1, 0.15) is 157 Å². The smallest absolute Gasteiger partial charge is 0.303 e. The summed E-state index contributed by atoms with van der Waals surface area (Å²) in [6.07, 6.45) is 34.8. The van der Waals surface area contributed by atoms with E-state index >= 15 is 0 Å². The average molecular weight is 609 g/mol. The number of fused-ring (bicyclic) bond motifs is 5. The molecule has 4 aliphatic carbocycles. The van der Waals surface area contributed by atoms with Gasteiger partial charge in [0.15, 0.2) is 0 Å². The summed E-state index contributed by atoms with van der Waals surface area (Å²) in [5, 5.41) is 8.67. The summed E-state index contributed by atoms with van der Waals surface area (Å²) in [6.45, 7) is 13.6. The zero-order valence-corrected chi connectivity index (χ0v) is 29.3. The highest BCUT2D eigenvalue weighted by atomic mass is 16.5. The topological polar surface area (TPSA) is 46.5 Å². The third-order valence-corrected chi connectivity index (χ3v) is 13.0. The van der Waals surface area contributed by atoms with Crippen molar-refractivity contribution < 1.29 is 14.6 Å². The van der Waals surface area contributed by atoms with Crippen molar-refractivity contribution in [3.8, 4) is 0 Å². The minimum atomic E-state index is -0.700. The van der Waals surface area contributed by atoms with Crippen LogP contribution in [0.25, 0.3) is 0 Å². The molecule has 8 atom stereocenters. The van der Waals surface area contributed by atoms with E-state index in [9.17, 15) is 4.79 Å². The van der Waals surface area contributed by atoms with Crippen LogP contribution in [0.4, 0.5) is 0 Å². The van der Waals surface area contributed by atoms with Gasteiger partial charge in [0.05, 0.1) is 6.10 Å². The predicted molar refractivity (Wildman–Crippen MR) is 186 cm³/mol. The van der Waals surface area contributed by atoms with Crippen LogP contribution in [0.3, 0.4) is 0 Å². The van der Waals surface area contributed by atoms with Crippen LogP contribution in [0.2, 0.25) is 0 Å². The molecule has 0 heterocycles. The fourth-order valence-electron chi connectivity index (χ4n) is 10.4. The van der Waals surface area contributed by atoms with Crippen molar-refractivity contribution in [3.05, 3.63) is 36.0 Å². The Morgan fingerprint density at radius 3 is 2.34 bits per heavy atom. The van der Waals surface area contributed by atoms with Crippen molar-refractivity contribution in [2.45, 2.75) is 163 Å². The number of hydrogen-bond donors (Lipinski definition) is 1. The lowest BCUT2D eigenvalue weighted by molar-refractivity contribution is -0.137. The third-order valence-electron chi connectivity index (χ3n) is 13.0. The molecule has 4 rings (SSSR count). The maximum absolute atomic E-state index is 10.5. The highest BCUT2D eigenvalue weighted by Gasteiger charge is 2.59. The Balaban J connectivity index is 1.15. The van der Waals surface area contributed by atoms with E-state index < -0.39 is 5.97 Å². The Bertz CT molecular complexity index is 976. The van der Waals surface area contributed by atoms with E-state index in [4.69, 9.17) is 9.84 Å². The van der Waals surface area contributed by atoms with E-state index in [0.29, 0.717) is 16.9 Å². The van der Waals surface area contributed by atoms with Crippen LogP contribution < -0.4 is 0 Å². The summed E-state index contributed by atoms with van der Waals surface area (Å²) in [4.78, 5) is 10.5. The molecule has 3 heteroatoms. The van der Waals surface area contributed by atoms with Crippen molar-refractivity contribution in [1.82, 2.24) is 0 Å². The van der Waals surface area contributed by atoms with Gasteiger partial charge in [-0.3, -0.25) is 4.79 Å². The molecule has 0 bridgehead atoms. The van der Waals surface area contributed by atoms with Gasteiger partial charge >= 0.3 is 5.97 Å². The van der Waals surface area contributed by atoms with Gasteiger partial charge in [0.1, 0.15) is 0 Å². The Labute approximate surface area is 271 Å². The second-order valence-corrected chi connectivity index (χ2v) is 16.3. The number of aliphatic carboxylic acids is 1. The summed E-state index contributed by atoms with van der Waals surface area (Å²) in [5.41, 5.74) is 2.76. The van der Waals surface area contributed by atoms with E-state index in [1.54, 1.807) is 5.57 Å². The lowest BCUT2D eigenvalue weighted by Gasteiger charge is -2.58. The third kappa shape index (κ3) is 9.13. The van der Waals surface area contributed by atoms with Gasteiger partial charge in [-0.05, 0) is 143 Å². The fraction of sp³-hybridized carbons (Fsp3) is 0.829. The monoisotopic (exact) mass is 609 g/mol. The van der Waals surface area contributed by atoms with Crippen molar-refractivity contribution in [3.63, 3.8) is 0 Å². The first-order valence-corrected chi connectivity index (χ1v) is 19.0. The molecule has 0 saturated heterocycles. The Morgan fingerprint density at radius 1 is 0.886 bits per heavy atom. The second kappa shape index (κ2) is 17.0. The van der Waals surface area contributed by atoms with Crippen molar-refractivity contribution in [2.24, 2.45) is 46.3 Å². The molecule has 1 N–H and O–H groups in total. The van der Waals surface area contributed by atoms with E-state index in [-0.39, 0.29) is 6.42 Å². The molecule has 0 radical (unpaired) electrons. The molecular weight excluding hydrogens is 540 g/mol. The standard InChI is InChI=1S/C41H68O3/c1-31(2)18-17-19-32(3)36-23-24-37-35-22-21-33-30-34(25-27-40(33,4)38(35)26-28-41(36,37)5)44-29-16-14-12-10-8-6-7-9-11-13-15-20-39(42)43/h8-11,21,31-32,34-38H,6-7,12-20,22-30H2,1-5H3,(H,42,43)/b10-8-,11-9-/t32-,34+,35+,36-,37+,38+,40+,41-/m1/s1. The molecule has 44 heavy (non-hydrogen) atoms. The largest absolute Gasteiger partial charge is 0.481 e. The first-order chi connectivity index (χ1) is 21.1. The average Bonchev–Trinajstić information content (AvgIpc) is 3.34. The molecule has 0 amide bonds. The van der Waals surface area contributed by atoms with Gasteiger partial charge in [-0.15, -0.1) is 0 Å². The molecular formula is C41H68O3. The van der Waals surface area contributed by atoms with Gasteiger partial charge in [0.2, 0.25) is 0 Å². The number of allylic oxidation sites excluding steroid dienone is 5. The summed E-state index contributed by atoms with van der Waals surface area (Å²) in [7, 11) is 0. The summed E-state index contributed by atoms with van der Waals surface area (Å²) < 4.78 is 6.48. The summed E-state index contributed by atoms with van der Waals surface area (Å²) >= 11 is 0. The van der Waals surface area contributed by atoms with Crippen LogP contribution in [-0.4, -0.2) is 23.8 Å². The number of hydrogen-bond acceptors (Lipinski definition) is 2. The minimum Gasteiger partial charge on any atom is -0.481 e. The van der Waals surface area contributed by atoms with Crippen LogP contribution in [0.15, 0.2) is 36.0 Å². The molecule has 250 valence electrons. The van der Waals surface area contributed by atoms with Gasteiger partial charge in [-0.25, -0.2) is 0 Å². The number of carboxylic acids is 1. The number of rotatable bonds is 18. The van der Waals surface area contributed by atoms with Crippen LogP contribution in [-0.2, 0) is 9.53 Å². The minimum absolute atomic E-state index is 0.269. The SMILES string of the molecule is CC(C)CCC[C@@H](C)[C@H]1CC[C@H]2[C@@H]3CC=C4C[C@@H](OCCCC/C=C\CC/C=C\CCCC(=O)O)CC[C@]4(C)[C@H]3CC[C@]12C. The maximum atomic E-state index is 10.5. The quantitative estimate of drug-likeness (QED) is 0.124. The van der Waals surface area contributed by atoms with Crippen LogP contribution in [0.5, 0.6) is 0 Å². The lowest BCUT2D eigenvalue weighted by atomic mass is 9.47. The highest BCUT2D eigenvalue weighted by molar-refractivity contribution is 5.66. The van der Waals surface area contributed by atoms with E-state index in [2.05, 4.69) is 65.0 Å². The number of carboxylic acid groups (broad SMARTS) is 1. The highest BCUT2D eigenvalue weighted by Crippen LogP contribution is 2.67. The Kier molecular flexibility index (Phi) is 13.7. The molecule has 0 aromatic heterocycles. The molecule has 3 nitrogen and oxygen atoms in total. The number of carbonyl (C=O) groups is 1. The molecule has 0 aromatic rings. The van der Waals surface area contributed by atoms with Gasteiger partial charge in [-0.1, -0.05) is 89.8 Å². The van der Waals surface area contributed by atoms with Crippen LogP contribution >= 0.6 is 0 Å². The van der Waals surface area contributed by atoms with Crippen molar-refractivity contribution in [2.75, 3.05) is 6.61 Å². The molecule has 0 aromatic carbocycles. The maximum Gasteiger partial charge on any atom is 0.303 e. The molecule has 4 aliphatic rings. The Hall–Kier alpha value is -1.35. The lowest BCUT2D eigenvalue weighted by Crippen LogP contribution is -2.51. The first-order valence-electron chi connectivity index (χ1n) is 19.0. The fourth-order valence-corrected chi connectivity index (χ4v) is 10.4. The second-order valence-electron chi connectivity index (χ2n) is 16.3. The zero-order valence-electron chi connectivity index (χ0n) is 29.3.